The highest BCUT2D eigenvalue weighted by molar-refractivity contribution is 5.96. The molecule has 2 rings (SSSR count). The first-order chi connectivity index (χ1) is 10.1. The van der Waals surface area contributed by atoms with Gasteiger partial charge in [0.15, 0.2) is 0 Å². The maximum Gasteiger partial charge on any atom is 0.323 e. The lowest BCUT2D eigenvalue weighted by molar-refractivity contribution is -0.135. The summed E-state index contributed by atoms with van der Waals surface area (Å²) in [7, 11) is 0. The van der Waals surface area contributed by atoms with Crippen molar-refractivity contribution in [3.63, 3.8) is 0 Å². The molecule has 1 atom stereocenters. The van der Waals surface area contributed by atoms with E-state index in [1.54, 1.807) is 49.6 Å². The average molecular weight is 288 g/mol. The van der Waals surface area contributed by atoms with E-state index in [1.165, 1.54) is 4.90 Å². The van der Waals surface area contributed by atoms with Crippen LogP contribution in [0.1, 0.15) is 18.5 Å². The zero-order valence-corrected chi connectivity index (χ0v) is 11.5. The number of anilines is 1. The molecule has 0 saturated heterocycles. The zero-order chi connectivity index (χ0) is 15.2. The predicted octanol–water partition coefficient (Wildman–Crippen LogP) is 1.77. The summed E-state index contributed by atoms with van der Waals surface area (Å²) in [6.07, 6.45) is 3.28. The number of hydrogen-bond acceptors (Lipinski definition) is 3. The SMILES string of the molecule is CC(NC(=O)N(CC(=O)O)c1ccccc1)c1cn[nH]c1. The first-order valence-electron chi connectivity index (χ1n) is 6.41. The first kappa shape index (κ1) is 14.6. The van der Waals surface area contributed by atoms with Crippen LogP contribution in [0.25, 0.3) is 0 Å². The number of aromatic nitrogens is 2. The number of para-hydroxylation sites is 1. The number of urea groups is 1. The Hall–Kier alpha value is -2.83. The molecule has 2 amide bonds. The third-order valence-electron chi connectivity index (χ3n) is 2.97. The Labute approximate surface area is 121 Å². The standard InChI is InChI=1S/C14H16N4O3/c1-10(11-7-15-16-8-11)17-14(21)18(9-13(19)20)12-5-3-2-4-6-12/h2-8,10H,9H2,1H3,(H,15,16)(H,17,21)(H,19,20). The molecule has 1 heterocycles. The van der Waals surface area contributed by atoms with Crippen molar-refractivity contribution in [3.05, 3.63) is 48.3 Å². The van der Waals surface area contributed by atoms with Crippen LogP contribution >= 0.6 is 0 Å². The smallest absolute Gasteiger partial charge is 0.323 e. The maximum absolute atomic E-state index is 12.3. The van der Waals surface area contributed by atoms with E-state index < -0.39 is 18.5 Å². The number of carbonyl (C=O) groups is 2. The summed E-state index contributed by atoms with van der Waals surface area (Å²) in [6, 6.07) is 7.91. The largest absolute Gasteiger partial charge is 0.480 e. The molecule has 7 nitrogen and oxygen atoms in total. The van der Waals surface area contributed by atoms with Crippen LogP contribution < -0.4 is 10.2 Å². The molecule has 0 saturated carbocycles. The van der Waals surface area contributed by atoms with Gasteiger partial charge in [-0.25, -0.2) is 4.79 Å². The summed E-state index contributed by atoms with van der Waals surface area (Å²) in [5.74, 6) is -1.08. The van der Waals surface area contributed by atoms with Gasteiger partial charge in [0, 0.05) is 17.4 Å². The van der Waals surface area contributed by atoms with Gasteiger partial charge in [0.1, 0.15) is 6.54 Å². The highest BCUT2D eigenvalue weighted by Crippen LogP contribution is 2.15. The number of nitrogens with zero attached hydrogens (tertiary/aromatic N) is 2. The second-order valence-corrected chi connectivity index (χ2v) is 4.52. The Morgan fingerprint density at radius 1 is 1.38 bits per heavy atom. The Balaban J connectivity index is 2.13. The van der Waals surface area contributed by atoms with Gasteiger partial charge in [0.05, 0.1) is 12.2 Å². The number of hydrogen-bond donors (Lipinski definition) is 3. The topological polar surface area (TPSA) is 98.3 Å². The number of benzene rings is 1. The van der Waals surface area contributed by atoms with Crippen LogP contribution in [0.5, 0.6) is 0 Å². The second-order valence-electron chi connectivity index (χ2n) is 4.52. The Morgan fingerprint density at radius 2 is 2.10 bits per heavy atom. The summed E-state index contributed by atoms with van der Waals surface area (Å²) in [5.41, 5.74) is 1.34. The van der Waals surface area contributed by atoms with Crippen LogP contribution in [-0.4, -0.2) is 33.8 Å². The lowest BCUT2D eigenvalue weighted by atomic mass is 10.2. The number of aliphatic carboxylic acids is 1. The van der Waals surface area contributed by atoms with E-state index in [9.17, 15) is 9.59 Å². The number of rotatable bonds is 5. The molecule has 110 valence electrons. The van der Waals surface area contributed by atoms with Crippen LogP contribution in [0.15, 0.2) is 42.7 Å². The number of amides is 2. The van der Waals surface area contributed by atoms with Gasteiger partial charge < -0.3 is 10.4 Å². The number of carboxylic acids is 1. The molecule has 1 aromatic heterocycles. The molecule has 0 aliphatic heterocycles. The van der Waals surface area contributed by atoms with Gasteiger partial charge in [-0.1, -0.05) is 18.2 Å². The van der Waals surface area contributed by atoms with Crippen LogP contribution in [0.4, 0.5) is 10.5 Å². The van der Waals surface area contributed by atoms with Gasteiger partial charge in [-0.3, -0.25) is 14.8 Å². The second kappa shape index (κ2) is 6.56. The summed E-state index contributed by atoms with van der Waals surface area (Å²) in [4.78, 5) is 24.5. The molecule has 0 aliphatic carbocycles. The minimum absolute atomic E-state index is 0.281. The quantitative estimate of drug-likeness (QED) is 0.781. The van der Waals surface area contributed by atoms with Crippen LogP contribution in [0.3, 0.4) is 0 Å². The molecule has 7 heteroatoms. The number of carboxylic acid groups (broad SMARTS) is 1. The third kappa shape index (κ3) is 3.82. The molecule has 2 aromatic rings. The van der Waals surface area contributed by atoms with E-state index in [0.29, 0.717) is 5.69 Å². The fourth-order valence-corrected chi connectivity index (χ4v) is 1.87. The van der Waals surface area contributed by atoms with Crippen molar-refractivity contribution in [3.8, 4) is 0 Å². The van der Waals surface area contributed by atoms with Crippen molar-refractivity contribution >= 4 is 17.7 Å². The van der Waals surface area contributed by atoms with Crippen LogP contribution in [0, 0.1) is 0 Å². The normalized spacial score (nSPS) is 11.7. The number of nitrogens with one attached hydrogen (secondary N) is 2. The molecular weight excluding hydrogens is 272 g/mol. The average Bonchev–Trinajstić information content (AvgIpc) is 2.99. The van der Waals surface area contributed by atoms with Gasteiger partial charge in [-0.2, -0.15) is 5.10 Å². The molecule has 3 N–H and O–H groups in total. The van der Waals surface area contributed by atoms with Crippen molar-refractivity contribution in [1.29, 1.82) is 0 Å². The highest BCUT2D eigenvalue weighted by atomic mass is 16.4. The van der Waals surface area contributed by atoms with Crippen molar-refractivity contribution in [2.45, 2.75) is 13.0 Å². The molecule has 0 aliphatic rings. The van der Waals surface area contributed by atoms with Gasteiger partial charge >= 0.3 is 12.0 Å². The molecule has 0 spiro atoms. The minimum Gasteiger partial charge on any atom is -0.480 e. The molecule has 1 aromatic carbocycles. The number of aromatic amines is 1. The number of H-pyrrole nitrogens is 1. The van der Waals surface area contributed by atoms with Gasteiger partial charge in [-0.05, 0) is 19.1 Å². The lowest BCUT2D eigenvalue weighted by Gasteiger charge is -2.23. The molecule has 21 heavy (non-hydrogen) atoms. The predicted molar refractivity (Wildman–Crippen MR) is 77.0 cm³/mol. The molecule has 1 unspecified atom stereocenters. The van der Waals surface area contributed by atoms with E-state index >= 15 is 0 Å². The molecule has 0 radical (unpaired) electrons. The Morgan fingerprint density at radius 3 is 2.67 bits per heavy atom. The summed E-state index contributed by atoms with van der Waals surface area (Å²) in [5, 5.41) is 18.2. The highest BCUT2D eigenvalue weighted by Gasteiger charge is 2.20. The monoisotopic (exact) mass is 288 g/mol. The third-order valence-corrected chi connectivity index (χ3v) is 2.97. The van der Waals surface area contributed by atoms with Crippen molar-refractivity contribution in [2.75, 3.05) is 11.4 Å². The Bertz CT molecular complexity index is 598. The van der Waals surface area contributed by atoms with Crippen LogP contribution in [-0.2, 0) is 4.79 Å². The van der Waals surface area contributed by atoms with E-state index in [2.05, 4.69) is 15.5 Å². The maximum atomic E-state index is 12.3. The van der Waals surface area contributed by atoms with Crippen molar-refractivity contribution in [1.82, 2.24) is 15.5 Å². The molecule has 0 bridgehead atoms. The summed E-state index contributed by atoms with van der Waals surface area (Å²) in [6.45, 7) is 1.39. The van der Waals surface area contributed by atoms with E-state index in [4.69, 9.17) is 5.11 Å². The fraction of sp³-hybridized carbons (Fsp3) is 0.214. The van der Waals surface area contributed by atoms with Gasteiger partial charge in [0.2, 0.25) is 0 Å². The summed E-state index contributed by atoms with van der Waals surface area (Å²) >= 11 is 0. The van der Waals surface area contributed by atoms with E-state index in [-0.39, 0.29) is 6.04 Å². The first-order valence-corrected chi connectivity index (χ1v) is 6.41. The fourth-order valence-electron chi connectivity index (χ4n) is 1.87. The minimum atomic E-state index is -1.08. The van der Waals surface area contributed by atoms with E-state index in [0.717, 1.165) is 5.56 Å². The van der Waals surface area contributed by atoms with E-state index in [1.807, 2.05) is 0 Å². The Kier molecular flexibility index (Phi) is 4.55. The lowest BCUT2D eigenvalue weighted by Crippen LogP contribution is -2.43. The van der Waals surface area contributed by atoms with Crippen molar-refractivity contribution < 1.29 is 14.7 Å². The number of carbonyl (C=O) groups excluding carboxylic acids is 1. The molecule has 0 fully saturated rings. The molecular formula is C14H16N4O3. The van der Waals surface area contributed by atoms with Crippen molar-refractivity contribution in [2.24, 2.45) is 0 Å². The zero-order valence-electron chi connectivity index (χ0n) is 11.5. The van der Waals surface area contributed by atoms with Gasteiger partial charge in [0.25, 0.3) is 0 Å². The van der Waals surface area contributed by atoms with Gasteiger partial charge in [-0.15, -0.1) is 0 Å². The van der Waals surface area contributed by atoms with Crippen LogP contribution in [0.2, 0.25) is 0 Å². The summed E-state index contributed by atoms with van der Waals surface area (Å²) < 4.78 is 0.